The number of benzene rings is 9. The lowest BCUT2D eigenvalue weighted by Crippen LogP contribution is -2.10. The van der Waals surface area contributed by atoms with Crippen LogP contribution >= 0.6 is 0 Å². The first-order valence-corrected chi connectivity index (χ1v) is 21.3. The molecule has 0 saturated heterocycles. The first-order valence-electron chi connectivity index (χ1n) is 21.3. The molecule has 0 atom stereocenters. The molecule has 13 aromatic rings. The summed E-state index contributed by atoms with van der Waals surface area (Å²) in [5.74, 6) is 1.69. The minimum absolute atomic E-state index is 0.545. The molecule has 0 radical (unpaired) electrons. The van der Waals surface area contributed by atoms with Crippen LogP contribution in [0.15, 0.2) is 218 Å². The molecule has 0 aliphatic heterocycles. The number of para-hydroxylation sites is 4. The minimum Gasteiger partial charge on any atom is -0.309 e. The van der Waals surface area contributed by atoms with Gasteiger partial charge in [-0.15, -0.1) is 0 Å². The largest absolute Gasteiger partial charge is 0.309 e. The zero-order valence-corrected chi connectivity index (χ0v) is 34.0. The van der Waals surface area contributed by atoms with E-state index in [2.05, 4.69) is 226 Å². The van der Waals surface area contributed by atoms with E-state index in [9.17, 15) is 0 Å². The van der Waals surface area contributed by atoms with E-state index in [1.807, 2.05) is 6.07 Å². The van der Waals surface area contributed by atoms with Crippen LogP contribution in [0.4, 0.5) is 0 Å². The van der Waals surface area contributed by atoms with Crippen molar-refractivity contribution >= 4 is 65.4 Å². The molecule has 6 heteroatoms. The Morgan fingerprint density at radius 2 is 0.714 bits per heavy atom. The number of aromatic nitrogens is 6. The van der Waals surface area contributed by atoms with Crippen molar-refractivity contribution in [2.24, 2.45) is 0 Å². The highest BCUT2D eigenvalue weighted by molar-refractivity contribution is 6.26. The fraction of sp³-hybridized carbons (Fsp3) is 0. The van der Waals surface area contributed by atoms with E-state index in [0.717, 1.165) is 77.0 Å². The number of rotatable bonds is 6. The number of hydrogen-bond donors (Lipinski definition) is 0. The van der Waals surface area contributed by atoms with Gasteiger partial charge in [-0.1, -0.05) is 176 Å². The normalized spacial score (nSPS) is 11.8. The number of hydrogen-bond acceptors (Lipinski definition) is 3. The van der Waals surface area contributed by atoms with E-state index in [4.69, 9.17) is 15.0 Å². The van der Waals surface area contributed by atoms with E-state index in [0.29, 0.717) is 17.7 Å². The van der Waals surface area contributed by atoms with Crippen molar-refractivity contribution in [3.05, 3.63) is 218 Å². The Hall–Kier alpha value is -8.61. The van der Waals surface area contributed by atoms with Gasteiger partial charge in [-0.25, -0.2) is 0 Å². The zero-order chi connectivity index (χ0) is 41.4. The van der Waals surface area contributed by atoms with E-state index in [1.54, 1.807) is 0 Å². The van der Waals surface area contributed by atoms with Crippen molar-refractivity contribution < 1.29 is 0 Å². The second-order valence-electron chi connectivity index (χ2n) is 16.0. The van der Waals surface area contributed by atoms with Crippen LogP contribution in [0.3, 0.4) is 0 Å². The van der Waals surface area contributed by atoms with Gasteiger partial charge in [0, 0.05) is 43.6 Å². The topological polar surface area (TPSA) is 53.5 Å². The van der Waals surface area contributed by atoms with Crippen LogP contribution in [0.5, 0.6) is 0 Å². The van der Waals surface area contributed by atoms with Gasteiger partial charge in [0.2, 0.25) is 11.9 Å². The first kappa shape index (κ1) is 35.2. The Bertz CT molecular complexity index is 3840. The predicted molar refractivity (Wildman–Crippen MR) is 259 cm³/mol. The summed E-state index contributed by atoms with van der Waals surface area (Å²) in [6, 6.07) is 77.3. The molecule has 6 nitrogen and oxygen atoms in total. The van der Waals surface area contributed by atoms with E-state index in [1.165, 1.54) is 21.9 Å². The van der Waals surface area contributed by atoms with Crippen LogP contribution in [0.1, 0.15) is 0 Å². The smallest absolute Gasteiger partial charge is 0.240 e. The first-order chi connectivity index (χ1) is 31.3. The van der Waals surface area contributed by atoms with Crippen LogP contribution in [-0.2, 0) is 0 Å². The summed E-state index contributed by atoms with van der Waals surface area (Å²) in [5.41, 5.74) is 13.0. The fourth-order valence-corrected chi connectivity index (χ4v) is 9.71. The lowest BCUT2D eigenvalue weighted by Gasteiger charge is -2.13. The second-order valence-corrected chi connectivity index (χ2v) is 16.0. The van der Waals surface area contributed by atoms with Crippen LogP contribution in [0.2, 0.25) is 0 Å². The molecule has 4 heterocycles. The Kier molecular flexibility index (Phi) is 7.80. The van der Waals surface area contributed by atoms with Gasteiger partial charge in [0.25, 0.3) is 0 Å². The summed E-state index contributed by atoms with van der Waals surface area (Å²) in [6.07, 6.45) is 0. The highest BCUT2D eigenvalue weighted by atomic mass is 15.3. The molecular formula is C57H36N6. The van der Waals surface area contributed by atoms with Crippen LogP contribution in [-0.4, -0.2) is 28.7 Å². The quantitative estimate of drug-likeness (QED) is 0.168. The summed E-state index contributed by atoms with van der Waals surface area (Å²) in [4.78, 5) is 16.2. The SMILES string of the molecule is c1ccc(-c2ccc(-c3nc(-n4c5ccccc5c5ccccc54)nc(-n4c5ccccc5c5c4ccc4c6ccccc6n(-c6cccc(-c7ccccc7)c6)c45)n3)cc2)cc1. The molecule has 0 spiro atoms. The zero-order valence-electron chi connectivity index (χ0n) is 34.0. The molecule has 0 N–H and O–H groups in total. The van der Waals surface area contributed by atoms with Crippen molar-refractivity contribution in [3.63, 3.8) is 0 Å². The van der Waals surface area contributed by atoms with E-state index in [-0.39, 0.29) is 0 Å². The minimum atomic E-state index is 0.545. The third-order valence-corrected chi connectivity index (χ3v) is 12.5. The van der Waals surface area contributed by atoms with E-state index >= 15 is 0 Å². The summed E-state index contributed by atoms with van der Waals surface area (Å²) in [6.45, 7) is 0. The third-order valence-electron chi connectivity index (χ3n) is 12.5. The van der Waals surface area contributed by atoms with Gasteiger partial charge in [-0.05, 0) is 64.7 Å². The van der Waals surface area contributed by atoms with Crippen molar-refractivity contribution in [1.29, 1.82) is 0 Å². The second kappa shape index (κ2) is 14.0. The van der Waals surface area contributed by atoms with Crippen LogP contribution < -0.4 is 0 Å². The highest BCUT2D eigenvalue weighted by Crippen LogP contribution is 2.42. The Labute approximate surface area is 362 Å². The van der Waals surface area contributed by atoms with Gasteiger partial charge < -0.3 is 4.57 Å². The standard InChI is InChI=1S/C57H36N6/c1-3-16-37(17-4-1)39-30-32-40(33-31-39)55-58-56(62-49-27-12-7-22-43(49)44-23-8-13-28-50(44)62)60-57(59-55)63-51-29-14-10-25-47(51)53-52(63)35-34-46-45-24-9-11-26-48(45)61(54(46)53)42-21-15-20-41(36-42)38-18-5-2-6-19-38/h1-36H. The Morgan fingerprint density at radius 3 is 1.33 bits per heavy atom. The maximum Gasteiger partial charge on any atom is 0.240 e. The Morgan fingerprint density at radius 1 is 0.270 bits per heavy atom. The molecule has 9 aromatic carbocycles. The van der Waals surface area contributed by atoms with Crippen molar-refractivity contribution in [2.75, 3.05) is 0 Å². The summed E-state index contributed by atoms with van der Waals surface area (Å²) in [5, 5.41) is 6.93. The lowest BCUT2D eigenvalue weighted by molar-refractivity contribution is 0.893. The van der Waals surface area contributed by atoms with Gasteiger partial charge >= 0.3 is 0 Å². The fourth-order valence-electron chi connectivity index (χ4n) is 9.71. The van der Waals surface area contributed by atoms with Crippen molar-refractivity contribution in [3.8, 4) is 51.2 Å². The molecule has 0 aliphatic rings. The van der Waals surface area contributed by atoms with Crippen molar-refractivity contribution in [2.45, 2.75) is 0 Å². The average Bonchev–Trinajstić information content (AvgIpc) is 4.00. The molecule has 0 bridgehead atoms. The third kappa shape index (κ3) is 5.48. The molecule has 0 saturated carbocycles. The lowest BCUT2D eigenvalue weighted by atomic mass is 10.0. The summed E-state index contributed by atoms with van der Waals surface area (Å²) in [7, 11) is 0. The van der Waals surface area contributed by atoms with Gasteiger partial charge in [0.05, 0.1) is 33.1 Å². The van der Waals surface area contributed by atoms with Gasteiger partial charge in [-0.2, -0.15) is 15.0 Å². The maximum atomic E-state index is 5.46. The Balaban J connectivity index is 1.11. The van der Waals surface area contributed by atoms with Crippen LogP contribution in [0.25, 0.3) is 117 Å². The highest BCUT2D eigenvalue weighted by Gasteiger charge is 2.24. The average molecular weight is 805 g/mol. The summed E-state index contributed by atoms with van der Waals surface area (Å²) < 4.78 is 6.85. The molecular weight excluding hydrogens is 769 g/mol. The van der Waals surface area contributed by atoms with Gasteiger partial charge in [0.1, 0.15) is 0 Å². The summed E-state index contributed by atoms with van der Waals surface area (Å²) >= 11 is 0. The monoisotopic (exact) mass is 804 g/mol. The van der Waals surface area contributed by atoms with E-state index < -0.39 is 0 Å². The molecule has 0 unspecified atom stereocenters. The molecule has 0 aliphatic carbocycles. The number of fused-ring (bicyclic) bond motifs is 10. The molecule has 63 heavy (non-hydrogen) atoms. The van der Waals surface area contributed by atoms with Gasteiger partial charge in [0.15, 0.2) is 5.82 Å². The molecule has 0 amide bonds. The van der Waals surface area contributed by atoms with Crippen LogP contribution in [0, 0.1) is 0 Å². The molecule has 4 aromatic heterocycles. The molecule has 294 valence electrons. The molecule has 0 fully saturated rings. The van der Waals surface area contributed by atoms with Crippen molar-refractivity contribution in [1.82, 2.24) is 28.7 Å². The number of nitrogens with zero attached hydrogens (tertiary/aromatic N) is 6. The molecule has 13 rings (SSSR count). The predicted octanol–water partition coefficient (Wildman–Crippen LogP) is 14.2. The van der Waals surface area contributed by atoms with Gasteiger partial charge in [-0.3, -0.25) is 9.13 Å². The maximum absolute atomic E-state index is 5.46.